The van der Waals surface area contributed by atoms with E-state index in [0.29, 0.717) is 55.0 Å². The summed E-state index contributed by atoms with van der Waals surface area (Å²) in [5.74, 6) is 0.0980. The number of primary amides is 1. The summed E-state index contributed by atoms with van der Waals surface area (Å²) in [6.45, 7) is 9.34. The van der Waals surface area contributed by atoms with Gasteiger partial charge in [-0.1, -0.05) is 0 Å². The van der Waals surface area contributed by atoms with Crippen LogP contribution in [0.25, 0.3) is 0 Å². The summed E-state index contributed by atoms with van der Waals surface area (Å²) in [6, 6.07) is 3.15. The molecule has 1 aliphatic rings. The van der Waals surface area contributed by atoms with Gasteiger partial charge in [-0.15, -0.1) is 11.3 Å². The molecule has 0 bridgehead atoms. The molecule has 190 valence electrons. The van der Waals surface area contributed by atoms with Crippen molar-refractivity contribution in [3.8, 4) is 17.2 Å². The zero-order valence-electron chi connectivity index (χ0n) is 20.4. The van der Waals surface area contributed by atoms with Crippen LogP contribution in [0.3, 0.4) is 0 Å². The Bertz CT molecular complexity index is 1070. The molecule has 1 aromatic carbocycles. The average molecular weight is 506 g/mol. The van der Waals surface area contributed by atoms with Gasteiger partial charge in [0.1, 0.15) is 5.00 Å². The lowest BCUT2D eigenvalue weighted by molar-refractivity contribution is 0.0997. The van der Waals surface area contributed by atoms with Gasteiger partial charge in [0.2, 0.25) is 5.75 Å². The smallest absolute Gasteiger partial charge is 0.410 e. The van der Waals surface area contributed by atoms with Gasteiger partial charge in [0.05, 0.1) is 38.5 Å². The van der Waals surface area contributed by atoms with Gasteiger partial charge in [0, 0.05) is 17.0 Å². The number of carbonyl (C=O) groups excluding carboxylic acids is 3. The van der Waals surface area contributed by atoms with Gasteiger partial charge in [-0.2, -0.15) is 0 Å². The van der Waals surface area contributed by atoms with Gasteiger partial charge in [-0.05, 0) is 51.8 Å². The number of thiophene rings is 1. The Balaban J connectivity index is 1.94. The van der Waals surface area contributed by atoms with E-state index in [4.69, 9.17) is 24.7 Å². The third kappa shape index (κ3) is 5.79. The molecule has 10 nitrogen and oxygen atoms in total. The van der Waals surface area contributed by atoms with Crippen molar-refractivity contribution in [3.63, 3.8) is 0 Å². The van der Waals surface area contributed by atoms with Crippen LogP contribution in [0.1, 0.15) is 58.9 Å². The number of anilines is 1. The molecule has 0 unspecified atom stereocenters. The van der Waals surface area contributed by atoms with Crippen LogP contribution >= 0.6 is 11.3 Å². The molecule has 35 heavy (non-hydrogen) atoms. The van der Waals surface area contributed by atoms with Gasteiger partial charge in [0.25, 0.3) is 11.8 Å². The molecule has 2 aromatic rings. The van der Waals surface area contributed by atoms with E-state index in [1.54, 1.807) is 24.0 Å². The average Bonchev–Trinajstić information content (AvgIpc) is 3.18. The van der Waals surface area contributed by atoms with Crippen LogP contribution in [0.4, 0.5) is 9.80 Å². The molecule has 3 amide bonds. The van der Waals surface area contributed by atoms with Gasteiger partial charge in [-0.25, -0.2) is 4.79 Å². The maximum atomic E-state index is 13.2. The third-order valence-electron chi connectivity index (χ3n) is 5.23. The topological polar surface area (TPSA) is 129 Å². The van der Waals surface area contributed by atoms with Crippen LogP contribution in [0, 0.1) is 0 Å². The fraction of sp³-hybridized carbons (Fsp3) is 0.458. The Morgan fingerprint density at radius 1 is 1.00 bits per heavy atom. The van der Waals surface area contributed by atoms with Gasteiger partial charge < -0.3 is 34.9 Å². The van der Waals surface area contributed by atoms with Crippen molar-refractivity contribution < 1.29 is 33.3 Å². The molecule has 3 N–H and O–H groups in total. The zero-order chi connectivity index (χ0) is 25.5. The first-order valence-electron chi connectivity index (χ1n) is 11.6. The minimum atomic E-state index is -0.640. The van der Waals surface area contributed by atoms with Gasteiger partial charge in [0.15, 0.2) is 11.5 Å². The Morgan fingerprint density at radius 2 is 1.63 bits per heavy atom. The summed E-state index contributed by atoms with van der Waals surface area (Å²) >= 11 is 1.22. The summed E-state index contributed by atoms with van der Waals surface area (Å²) in [7, 11) is 0. The maximum Gasteiger partial charge on any atom is 0.410 e. The molecule has 0 aliphatic carbocycles. The van der Waals surface area contributed by atoms with E-state index in [1.807, 2.05) is 20.8 Å². The van der Waals surface area contributed by atoms with Crippen LogP contribution in [0.5, 0.6) is 17.2 Å². The van der Waals surface area contributed by atoms with E-state index in [2.05, 4.69) is 5.32 Å². The van der Waals surface area contributed by atoms with E-state index in [1.165, 1.54) is 11.3 Å². The van der Waals surface area contributed by atoms with E-state index in [-0.39, 0.29) is 24.3 Å². The number of benzene rings is 1. The quantitative estimate of drug-likeness (QED) is 0.502. The highest BCUT2D eigenvalue weighted by molar-refractivity contribution is 7.17. The monoisotopic (exact) mass is 505 g/mol. The Kier molecular flexibility index (Phi) is 8.80. The number of nitrogens with zero attached hydrogens (tertiary/aromatic N) is 1. The maximum absolute atomic E-state index is 13.2. The second kappa shape index (κ2) is 11.8. The highest BCUT2D eigenvalue weighted by Gasteiger charge is 2.30. The van der Waals surface area contributed by atoms with Crippen LogP contribution < -0.4 is 25.3 Å². The fourth-order valence-electron chi connectivity index (χ4n) is 3.82. The largest absolute Gasteiger partial charge is 0.490 e. The number of amides is 3. The van der Waals surface area contributed by atoms with Crippen LogP contribution in [0.15, 0.2) is 12.1 Å². The van der Waals surface area contributed by atoms with E-state index >= 15 is 0 Å². The number of carbonyl (C=O) groups is 3. The molecule has 0 atom stereocenters. The van der Waals surface area contributed by atoms with Crippen molar-refractivity contribution >= 4 is 34.2 Å². The minimum Gasteiger partial charge on any atom is -0.490 e. The third-order valence-corrected chi connectivity index (χ3v) is 6.36. The van der Waals surface area contributed by atoms with Crippen molar-refractivity contribution in [3.05, 3.63) is 33.7 Å². The second-order valence-corrected chi connectivity index (χ2v) is 8.60. The number of rotatable bonds is 10. The van der Waals surface area contributed by atoms with Crippen molar-refractivity contribution in [1.82, 2.24) is 4.90 Å². The molecule has 0 fully saturated rings. The molecule has 0 radical (unpaired) electrons. The van der Waals surface area contributed by atoms with Crippen LogP contribution in [0.2, 0.25) is 0 Å². The molecular formula is C24H31N3O7S. The highest BCUT2D eigenvalue weighted by Crippen LogP contribution is 2.40. The SMILES string of the molecule is CCOC(=O)N1CCc2c(sc(NC(=O)c3cc(OCC)c(OCC)c(OCC)c3)c2C(N)=O)C1. The van der Waals surface area contributed by atoms with Crippen molar-refractivity contribution in [2.24, 2.45) is 5.73 Å². The van der Waals surface area contributed by atoms with Gasteiger partial charge in [-0.3, -0.25) is 9.59 Å². The summed E-state index contributed by atoms with van der Waals surface area (Å²) in [6.07, 6.45) is 0.0178. The number of hydrogen-bond donors (Lipinski definition) is 2. The number of nitrogens with two attached hydrogens (primary N) is 1. The van der Waals surface area contributed by atoms with Crippen LogP contribution in [-0.2, 0) is 17.7 Å². The molecule has 0 spiro atoms. The predicted octanol–water partition coefficient (Wildman–Crippen LogP) is 3.81. The van der Waals surface area contributed by atoms with E-state index < -0.39 is 17.9 Å². The van der Waals surface area contributed by atoms with Gasteiger partial charge >= 0.3 is 6.09 Å². The molecule has 11 heteroatoms. The van der Waals surface area contributed by atoms with E-state index in [9.17, 15) is 14.4 Å². The molecular weight excluding hydrogens is 474 g/mol. The van der Waals surface area contributed by atoms with Crippen molar-refractivity contribution in [1.29, 1.82) is 0 Å². The molecule has 0 saturated heterocycles. The lowest BCUT2D eigenvalue weighted by Gasteiger charge is -2.26. The van der Waals surface area contributed by atoms with Crippen molar-refractivity contribution in [2.75, 3.05) is 38.3 Å². The molecule has 3 rings (SSSR count). The first-order chi connectivity index (χ1) is 16.8. The van der Waals surface area contributed by atoms with Crippen molar-refractivity contribution in [2.45, 2.75) is 40.7 Å². The lowest BCUT2D eigenvalue weighted by Crippen LogP contribution is -2.36. The first kappa shape index (κ1) is 26.1. The highest BCUT2D eigenvalue weighted by atomic mass is 32.1. The summed E-state index contributed by atoms with van der Waals surface area (Å²) < 4.78 is 22.2. The summed E-state index contributed by atoms with van der Waals surface area (Å²) in [5, 5.41) is 3.15. The predicted molar refractivity (Wildman–Crippen MR) is 132 cm³/mol. The summed E-state index contributed by atoms with van der Waals surface area (Å²) in [5.41, 5.74) is 6.96. The molecule has 1 aromatic heterocycles. The Labute approximate surface area is 208 Å². The number of hydrogen-bond acceptors (Lipinski definition) is 8. The zero-order valence-corrected chi connectivity index (χ0v) is 21.2. The number of fused-ring (bicyclic) bond motifs is 1. The second-order valence-electron chi connectivity index (χ2n) is 7.50. The number of nitrogens with one attached hydrogen (secondary N) is 1. The fourth-order valence-corrected chi connectivity index (χ4v) is 5.08. The Hall–Kier alpha value is -3.47. The molecule has 2 heterocycles. The first-order valence-corrected chi connectivity index (χ1v) is 12.4. The summed E-state index contributed by atoms with van der Waals surface area (Å²) in [4.78, 5) is 40.0. The normalized spacial score (nSPS) is 12.5. The number of ether oxygens (including phenoxy) is 4. The molecule has 1 aliphatic heterocycles. The van der Waals surface area contributed by atoms with E-state index in [0.717, 1.165) is 10.4 Å². The Morgan fingerprint density at radius 3 is 2.17 bits per heavy atom. The molecule has 0 saturated carbocycles. The lowest BCUT2D eigenvalue weighted by atomic mass is 10.0. The standard InChI is InChI=1S/C24H31N3O7S/c1-5-31-16-11-14(12-17(32-6-2)20(16)33-7-3)22(29)26-23-19(21(25)28)15-9-10-27(13-18(15)35-23)24(30)34-8-4/h11-12H,5-10,13H2,1-4H3,(H2,25,28)(H,26,29). The minimum absolute atomic E-state index is 0.267. The van der Waals surface area contributed by atoms with Crippen LogP contribution in [-0.4, -0.2) is 55.8 Å².